The first-order chi connectivity index (χ1) is 11.1. The van der Waals surface area contributed by atoms with Crippen molar-refractivity contribution in [3.63, 3.8) is 0 Å². The molecule has 0 atom stereocenters. The number of carbonyl (C=O) groups is 1. The van der Waals surface area contributed by atoms with Crippen molar-refractivity contribution >= 4 is 45.9 Å². The van der Waals surface area contributed by atoms with Gasteiger partial charge in [0.2, 0.25) is 0 Å². The molecule has 0 aromatic heterocycles. The minimum absolute atomic E-state index is 0.288. The number of thioether (sulfide) groups is 1. The summed E-state index contributed by atoms with van der Waals surface area (Å²) in [7, 11) is 0. The van der Waals surface area contributed by atoms with E-state index >= 15 is 0 Å². The Morgan fingerprint density at radius 3 is 2.70 bits per heavy atom. The Bertz CT molecular complexity index is 751. The lowest BCUT2D eigenvalue weighted by Gasteiger charge is -2.17. The summed E-state index contributed by atoms with van der Waals surface area (Å²) in [5.41, 5.74) is 1.16. The van der Waals surface area contributed by atoms with E-state index in [2.05, 4.69) is 10.3 Å². The van der Waals surface area contributed by atoms with E-state index in [0.717, 1.165) is 5.75 Å². The van der Waals surface area contributed by atoms with Gasteiger partial charge in [-0.05, 0) is 36.4 Å². The number of carbonyl (C=O) groups excluding carboxylic acids is 1. The number of urea groups is 1. The molecule has 1 saturated heterocycles. The molecule has 1 aliphatic heterocycles. The molecule has 23 heavy (non-hydrogen) atoms. The molecule has 0 saturated carbocycles. The van der Waals surface area contributed by atoms with E-state index in [9.17, 15) is 9.18 Å². The summed E-state index contributed by atoms with van der Waals surface area (Å²) < 4.78 is 12.9. The molecular formula is C16H13ClFN3OS. The van der Waals surface area contributed by atoms with Gasteiger partial charge < -0.3 is 5.32 Å². The van der Waals surface area contributed by atoms with Gasteiger partial charge in [-0.2, -0.15) is 0 Å². The monoisotopic (exact) mass is 349 g/mol. The van der Waals surface area contributed by atoms with Crippen LogP contribution in [0.3, 0.4) is 0 Å². The summed E-state index contributed by atoms with van der Waals surface area (Å²) in [5.74, 6) is 0.442. The minimum atomic E-state index is -0.318. The summed E-state index contributed by atoms with van der Waals surface area (Å²) in [6.07, 6.45) is 0. The number of anilines is 1. The average Bonchev–Trinajstić information content (AvgIpc) is 3.00. The van der Waals surface area contributed by atoms with Crippen molar-refractivity contribution in [1.29, 1.82) is 0 Å². The van der Waals surface area contributed by atoms with E-state index in [-0.39, 0.29) is 11.8 Å². The molecule has 1 fully saturated rings. The predicted octanol–water partition coefficient (Wildman–Crippen LogP) is 4.75. The second-order valence-corrected chi connectivity index (χ2v) is 6.25. The lowest BCUT2D eigenvalue weighted by atomic mass is 10.3. The standard InChI is InChI=1S/C16H13ClFN3OS/c17-13-3-1-2-4-14(13)20-15(22)21-9-10-23-16(21)19-12-7-5-11(18)6-8-12/h1-8H,9-10H2,(H,20,22). The SMILES string of the molecule is O=C(Nc1ccccc1Cl)N1CCSC1=Nc1ccc(F)cc1. The number of benzene rings is 2. The Labute approximate surface area is 142 Å². The van der Waals surface area contributed by atoms with Crippen molar-refractivity contribution in [2.75, 3.05) is 17.6 Å². The highest BCUT2D eigenvalue weighted by molar-refractivity contribution is 8.14. The molecule has 1 N–H and O–H groups in total. The average molecular weight is 350 g/mol. The maximum absolute atomic E-state index is 12.9. The van der Waals surface area contributed by atoms with Gasteiger partial charge in [-0.15, -0.1) is 0 Å². The summed E-state index contributed by atoms with van der Waals surface area (Å²) in [6, 6.07) is 12.6. The number of amides is 2. The Kier molecular flexibility index (Phi) is 4.83. The van der Waals surface area contributed by atoms with Crippen LogP contribution in [-0.2, 0) is 0 Å². The molecule has 2 aromatic rings. The highest BCUT2D eigenvalue weighted by atomic mass is 35.5. The van der Waals surface area contributed by atoms with Gasteiger partial charge in [-0.1, -0.05) is 35.5 Å². The van der Waals surface area contributed by atoms with Gasteiger partial charge in [0.05, 0.1) is 16.4 Å². The molecule has 2 amide bonds. The largest absolute Gasteiger partial charge is 0.327 e. The van der Waals surface area contributed by atoms with Crippen molar-refractivity contribution < 1.29 is 9.18 Å². The van der Waals surface area contributed by atoms with E-state index in [0.29, 0.717) is 28.1 Å². The third-order valence-electron chi connectivity index (χ3n) is 3.19. The Hall–Kier alpha value is -2.05. The molecule has 0 aliphatic carbocycles. The van der Waals surface area contributed by atoms with Crippen LogP contribution in [-0.4, -0.2) is 28.4 Å². The second kappa shape index (κ2) is 7.02. The van der Waals surface area contributed by atoms with Crippen LogP contribution in [0.4, 0.5) is 20.6 Å². The molecule has 4 nitrogen and oxygen atoms in total. The Balaban J connectivity index is 1.77. The van der Waals surface area contributed by atoms with Gasteiger partial charge in [-0.25, -0.2) is 14.2 Å². The normalized spacial score (nSPS) is 15.9. The van der Waals surface area contributed by atoms with Crippen LogP contribution in [0.15, 0.2) is 53.5 Å². The third kappa shape index (κ3) is 3.83. The van der Waals surface area contributed by atoms with Crippen molar-refractivity contribution in [3.05, 3.63) is 59.4 Å². The van der Waals surface area contributed by atoms with Gasteiger partial charge >= 0.3 is 6.03 Å². The molecule has 0 spiro atoms. The first-order valence-electron chi connectivity index (χ1n) is 6.93. The topological polar surface area (TPSA) is 44.7 Å². The number of amidine groups is 1. The fourth-order valence-corrected chi connectivity index (χ4v) is 3.19. The highest BCUT2D eigenvalue weighted by Gasteiger charge is 2.26. The lowest BCUT2D eigenvalue weighted by Crippen LogP contribution is -2.35. The van der Waals surface area contributed by atoms with Crippen molar-refractivity contribution in [2.24, 2.45) is 4.99 Å². The Morgan fingerprint density at radius 1 is 1.22 bits per heavy atom. The maximum Gasteiger partial charge on any atom is 0.327 e. The first-order valence-corrected chi connectivity index (χ1v) is 8.30. The number of hydrogen-bond acceptors (Lipinski definition) is 3. The number of halogens is 2. The molecule has 0 radical (unpaired) electrons. The van der Waals surface area contributed by atoms with Gasteiger partial charge in [0.1, 0.15) is 5.82 Å². The van der Waals surface area contributed by atoms with E-state index in [1.165, 1.54) is 23.9 Å². The number of nitrogens with one attached hydrogen (secondary N) is 1. The zero-order valence-electron chi connectivity index (χ0n) is 12.0. The number of nitrogens with zero attached hydrogens (tertiary/aromatic N) is 2. The zero-order chi connectivity index (χ0) is 16.2. The summed E-state index contributed by atoms with van der Waals surface area (Å²) in [5, 5.41) is 3.84. The maximum atomic E-state index is 12.9. The fraction of sp³-hybridized carbons (Fsp3) is 0.125. The summed E-state index contributed by atoms with van der Waals surface area (Å²) >= 11 is 7.53. The van der Waals surface area contributed by atoms with E-state index in [4.69, 9.17) is 11.6 Å². The highest BCUT2D eigenvalue weighted by Crippen LogP contribution is 2.25. The molecule has 7 heteroatoms. The smallest absolute Gasteiger partial charge is 0.306 e. The van der Waals surface area contributed by atoms with Crippen molar-refractivity contribution in [2.45, 2.75) is 0 Å². The molecule has 1 heterocycles. The van der Waals surface area contributed by atoms with Crippen LogP contribution in [0.2, 0.25) is 5.02 Å². The van der Waals surface area contributed by atoms with Crippen LogP contribution >= 0.6 is 23.4 Å². The lowest BCUT2D eigenvalue weighted by molar-refractivity contribution is 0.236. The molecule has 118 valence electrons. The van der Waals surface area contributed by atoms with Gasteiger partial charge in [-0.3, -0.25) is 4.90 Å². The van der Waals surface area contributed by atoms with Crippen molar-refractivity contribution in [1.82, 2.24) is 4.90 Å². The van der Waals surface area contributed by atoms with Crippen LogP contribution < -0.4 is 5.32 Å². The quantitative estimate of drug-likeness (QED) is 0.850. The number of rotatable bonds is 2. The molecule has 2 aromatic carbocycles. The van der Waals surface area contributed by atoms with Gasteiger partial charge in [0.15, 0.2) is 5.17 Å². The Morgan fingerprint density at radius 2 is 1.96 bits per heavy atom. The number of hydrogen-bond donors (Lipinski definition) is 1. The van der Waals surface area contributed by atoms with Gasteiger partial charge in [0, 0.05) is 12.3 Å². The first kappa shape index (κ1) is 15.8. The molecule has 0 bridgehead atoms. The van der Waals surface area contributed by atoms with Crippen molar-refractivity contribution in [3.8, 4) is 0 Å². The predicted molar refractivity (Wildman–Crippen MR) is 93.1 cm³/mol. The van der Waals surface area contributed by atoms with Crippen LogP contribution in [0.25, 0.3) is 0 Å². The van der Waals surface area contributed by atoms with E-state index in [1.807, 2.05) is 0 Å². The summed E-state index contributed by atoms with van der Waals surface area (Å²) in [6.45, 7) is 0.557. The minimum Gasteiger partial charge on any atom is -0.306 e. The molecule has 0 unspecified atom stereocenters. The summed E-state index contributed by atoms with van der Waals surface area (Å²) in [4.78, 5) is 18.4. The van der Waals surface area contributed by atoms with E-state index in [1.54, 1.807) is 41.3 Å². The fourth-order valence-electron chi connectivity index (χ4n) is 2.05. The number of aliphatic imine (C=N–C) groups is 1. The molecule has 3 rings (SSSR count). The van der Waals surface area contributed by atoms with Crippen LogP contribution in [0, 0.1) is 5.82 Å². The van der Waals surface area contributed by atoms with E-state index < -0.39 is 0 Å². The number of para-hydroxylation sites is 1. The van der Waals surface area contributed by atoms with Gasteiger partial charge in [0.25, 0.3) is 0 Å². The zero-order valence-corrected chi connectivity index (χ0v) is 13.6. The molecule has 1 aliphatic rings. The van der Waals surface area contributed by atoms with Crippen LogP contribution in [0.1, 0.15) is 0 Å². The third-order valence-corrected chi connectivity index (χ3v) is 4.48. The van der Waals surface area contributed by atoms with Crippen LogP contribution in [0.5, 0.6) is 0 Å². The molecular weight excluding hydrogens is 337 g/mol. The second-order valence-electron chi connectivity index (χ2n) is 4.78.